The van der Waals surface area contributed by atoms with Gasteiger partial charge in [0.15, 0.2) is 5.69 Å². The summed E-state index contributed by atoms with van der Waals surface area (Å²) in [5.41, 5.74) is 9.87. The Bertz CT molecular complexity index is 1070. The number of para-hydroxylation sites is 1. The maximum absolute atomic E-state index is 12.6. The minimum atomic E-state index is -0.264. The summed E-state index contributed by atoms with van der Waals surface area (Å²) in [7, 11) is 0. The molecule has 0 unspecified atom stereocenters. The van der Waals surface area contributed by atoms with Crippen LogP contribution in [0.25, 0.3) is 11.5 Å². The van der Waals surface area contributed by atoms with E-state index in [1.807, 2.05) is 54.6 Å². The van der Waals surface area contributed by atoms with Gasteiger partial charge in [0.1, 0.15) is 6.26 Å². The molecule has 0 aliphatic heterocycles. The van der Waals surface area contributed by atoms with Crippen LogP contribution in [0, 0.1) is 0 Å². The number of anilines is 1. The molecule has 5 heteroatoms. The largest absolute Gasteiger partial charge is 0.444 e. The molecule has 0 fully saturated rings. The van der Waals surface area contributed by atoms with E-state index in [9.17, 15) is 4.79 Å². The second-order valence-corrected chi connectivity index (χ2v) is 7.04. The lowest BCUT2D eigenvalue weighted by Crippen LogP contribution is -2.26. The van der Waals surface area contributed by atoms with Crippen molar-refractivity contribution in [2.75, 3.05) is 12.3 Å². The highest BCUT2D eigenvalue weighted by Gasteiger charge is 2.17. The van der Waals surface area contributed by atoms with E-state index in [0.717, 1.165) is 6.42 Å². The number of nitrogens with zero attached hydrogens (tertiary/aromatic N) is 1. The minimum absolute atomic E-state index is 0.199. The third-order valence-electron chi connectivity index (χ3n) is 5.05. The van der Waals surface area contributed by atoms with E-state index in [-0.39, 0.29) is 17.5 Å². The van der Waals surface area contributed by atoms with Crippen molar-refractivity contribution in [3.63, 3.8) is 0 Å². The summed E-state index contributed by atoms with van der Waals surface area (Å²) in [4.78, 5) is 16.9. The molecule has 4 aromatic rings. The van der Waals surface area contributed by atoms with Gasteiger partial charge < -0.3 is 15.5 Å². The first-order valence-electron chi connectivity index (χ1n) is 9.91. The zero-order valence-corrected chi connectivity index (χ0v) is 16.5. The van der Waals surface area contributed by atoms with E-state index in [4.69, 9.17) is 10.2 Å². The van der Waals surface area contributed by atoms with Crippen molar-refractivity contribution in [1.82, 2.24) is 10.3 Å². The van der Waals surface area contributed by atoms with Gasteiger partial charge in [-0.1, -0.05) is 72.8 Å². The number of rotatable bonds is 7. The van der Waals surface area contributed by atoms with Crippen LogP contribution in [0.5, 0.6) is 0 Å². The monoisotopic (exact) mass is 397 g/mol. The molecule has 0 aliphatic rings. The quantitative estimate of drug-likeness (QED) is 0.436. The highest BCUT2D eigenvalue weighted by atomic mass is 16.3. The Morgan fingerprint density at radius 1 is 0.900 bits per heavy atom. The number of aromatic nitrogens is 1. The van der Waals surface area contributed by atoms with Crippen LogP contribution in [0.1, 0.15) is 34.0 Å². The first-order chi connectivity index (χ1) is 14.7. The Morgan fingerprint density at radius 2 is 1.50 bits per heavy atom. The van der Waals surface area contributed by atoms with Crippen LogP contribution in [-0.2, 0) is 0 Å². The van der Waals surface area contributed by atoms with Crippen LogP contribution in [0.2, 0.25) is 0 Å². The number of hydrogen-bond donors (Lipinski definition) is 2. The highest BCUT2D eigenvalue weighted by molar-refractivity contribution is 5.92. The molecule has 3 N–H and O–H groups in total. The predicted octanol–water partition coefficient (Wildman–Crippen LogP) is 4.88. The van der Waals surface area contributed by atoms with Gasteiger partial charge in [0.25, 0.3) is 5.91 Å². The Morgan fingerprint density at radius 3 is 2.13 bits per heavy atom. The topological polar surface area (TPSA) is 81.1 Å². The van der Waals surface area contributed by atoms with Crippen molar-refractivity contribution in [3.05, 3.63) is 108 Å². The lowest BCUT2D eigenvalue weighted by molar-refractivity contribution is 0.0948. The fourth-order valence-electron chi connectivity index (χ4n) is 3.51. The first-order valence-corrected chi connectivity index (χ1v) is 9.91. The Kier molecular flexibility index (Phi) is 5.90. The molecule has 0 aliphatic carbocycles. The number of amides is 1. The van der Waals surface area contributed by atoms with Gasteiger partial charge in [-0.15, -0.1) is 0 Å². The molecule has 1 heterocycles. The van der Waals surface area contributed by atoms with Gasteiger partial charge >= 0.3 is 0 Å². The molecule has 0 spiro atoms. The standard InChI is InChI=1S/C25H23N3O2/c26-22-14-8-7-13-21(22)25-28-23(17-30-25)24(29)27-16-15-20(18-9-3-1-4-10-18)19-11-5-2-6-12-19/h1-14,17,20H,15-16,26H2,(H,27,29). The van der Waals surface area contributed by atoms with Crippen LogP contribution >= 0.6 is 0 Å². The first kappa shape index (κ1) is 19.5. The number of carbonyl (C=O) groups is 1. The van der Waals surface area contributed by atoms with Gasteiger partial charge in [0, 0.05) is 18.2 Å². The lowest BCUT2D eigenvalue weighted by Gasteiger charge is -2.18. The van der Waals surface area contributed by atoms with E-state index in [1.54, 1.807) is 6.07 Å². The number of nitrogens with one attached hydrogen (secondary N) is 1. The maximum atomic E-state index is 12.6. The van der Waals surface area contributed by atoms with E-state index in [1.165, 1.54) is 17.4 Å². The van der Waals surface area contributed by atoms with Crippen molar-refractivity contribution in [2.24, 2.45) is 0 Å². The molecular formula is C25H23N3O2. The Labute approximate surface area is 175 Å². The molecule has 0 radical (unpaired) electrons. The number of nitrogen functional groups attached to an aromatic ring is 1. The maximum Gasteiger partial charge on any atom is 0.273 e. The summed E-state index contributed by atoms with van der Waals surface area (Å²) in [6, 6.07) is 27.9. The van der Waals surface area contributed by atoms with Crippen molar-refractivity contribution in [2.45, 2.75) is 12.3 Å². The second kappa shape index (κ2) is 9.09. The summed E-state index contributed by atoms with van der Waals surface area (Å²) in [6.45, 7) is 0.517. The average Bonchev–Trinajstić information content (AvgIpc) is 3.28. The molecule has 1 amide bonds. The van der Waals surface area contributed by atoms with E-state index >= 15 is 0 Å². The number of hydrogen-bond acceptors (Lipinski definition) is 4. The number of carbonyl (C=O) groups excluding carboxylic acids is 1. The zero-order valence-electron chi connectivity index (χ0n) is 16.5. The zero-order chi connectivity index (χ0) is 20.8. The van der Waals surface area contributed by atoms with Crippen LogP contribution in [0.15, 0.2) is 95.6 Å². The molecule has 0 bridgehead atoms. The molecule has 5 nitrogen and oxygen atoms in total. The van der Waals surface area contributed by atoms with Gasteiger partial charge in [-0.3, -0.25) is 4.79 Å². The minimum Gasteiger partial charge on any atom is -0.444 e. The third kappa shape index (κ3) is 4.41. The van der Waals surface area contributed by atoms with Gasteiger partial charge in [-0.25, -0.2) is 4.98 Å². The Hall–Kier alpha value is -3.86. The number of oxazole rings is 1. The molecule has 0 atom stereocenters. The van der Waals surface area contributed by atoms with E-state index in [2.05, 4.69) is 34.6 Å². The molecule has 150 valence electrons. The highest BCUT2D eigenvalue weighted by Crippen LogP contribution is 2.27. The summed E-state index contributed by atoms with van der Waals surface area (Å²) in [6.07, 6.45) is 2.14. The molecule has 3 aromatic carbocycles. The fourth-order valence-corrected chi connectivity index (χ4v) is 3.51. The normalized spacial score (nSPS) is 10.8. The molecular weight excluding hydrogens is 374 g/mol. The van der Waals surface area contributed by atoms with E-state index < -0.39 is 0 Å². The van der Waals surface area contributed by atoms with Crippen LogP contribution in [-0.4, -0.2) is 17.4 Å². The van der Waals surface area contributed by atoms with Gasteiger partial charge in [-0.2, -0.15) is 0 Å². The van der Waals surface area contributed by atoms with Crippen molar-refractivity contribution in [3.8, 4) is 11.5 Å². The Balaban J connectivity index is 1.43. The lowest BCUT2D eigenvalue weighted by atomic mass is 9.88. The number of nitrogens with two attached hydrogens (primary N) is 1. The van der Waals surface area contributed by atoms with Crippen molar-refractivity contribution >= 4 is 11.6 Å². The van der Waals surface area contributed by atoms with E-state index in [0.29, 0.717) is 23.7 Å². The van der Waals surface area contributed by atoms with Gasteiger partial charge in [0.2, 0.25) is 5.89 Å². The van der Waals surface area contributed by atoms with Crippen LogP contribution in [0.3, 0.4) is 0 Å². The smallest absolute Gasteiger partial charge is 0.273 e. The van der Waals surface area contributed by atoms with Crippen LogP contribution < -0.4 is 11.1 Å². The average molecular weight is 397 g/mol. The summed E-state index contributed by atoms with van der Waals surface area (Å²) in [5, 5.41) is 2.96. The van der Waals surface area contributed by atoms with Crippen molar-refractivity contribution < 1.29 is 9.21 Å². The predicted molar refractivity (Wildman–Crippen MR) is 118 cm³/mol. The fraction of sp³-hybridized carbons (Fsp3) is 0.120. The number of benzene rings is 3. The molecule has 1 aromatic heterocycles. The SMILES string of the molecule is Nc1ccccc1-c1nc(C(=O)NCCC(c2ccccc2)c2ccccc2)co1. The molecule has 4 rings (SSSR count). The molecule has 30 heavy (non-hydrogen) atoms. The van der Waals surface area contributed by atoms with Crippen LogP contribution in [0.4, 0.5) is 5.69 Å². The summed E-state index contributed by atoms with van der Waals surface area (Å²) >= 11 is 0. The molecule has 0 saturated carbocycles. The summed E-state index contributed by atoms with van der Waals surface area (Å²) in [5.74, 6) is 0.272. The molecule has 0 saturated heterocycles. The van der Waals surface area contributed by atoms with Gasteiger partial charge in [-0.05, 0) is 29.7 Å². The summed E-state index contributed by atoms with van der Waals surface area (Å²) < 4.78 is 5.47. The van der Waals surface area contributed by atoms with Crippen molar-refractivity contribution in [1.29, 1.82) is 0 Å². The van der Waals surface area contributed by atoms with Gasteiger partial charge in [0.05, 0.1) is 5.56 Å². The third-order valence-corrected chi connectivity index (χ3v) is 5.05. The second-order valence-electron chi connectivity index (χ2n) is 7.04.